The smallest absolute Gasteiger partial charge is 0.0637 e. The molecular formula is C12H12N2O. The maximum absolute atomic E-state index is 8.93. The van der Waals surface area contributed by atoms with Crippen molar-refractivity contribution in [1.29, 1.82) is 0 Å². The second kappa shape index (κ2) is 4.11. The maximum Gasteiger partial charge on any atom is 0.0637 e. The summed E-state index contributed by atoms with van der Waals surface area (Å²) in [6, 6.07) is 9.65. The fourth-order valence-corrected chi connectivity index (χ4v) is 1.60. The van der Waals surface area contributed by atoms with Gasteiger partial charge in [0.05, 0.1) is 5.69 Å². The Morgan fingerprint density at radius 2 is 1.87 bits per heavy atom. The van der Waals surface area contributed by atoms with Crippen molar-refractivity contribution in [2.24, 2.45) is 0 Å². The molecule has 0 amide bonds. The number of hydrogen-bond acceptors (Lipinski definition) is 3. The molecule has 1 heterocycles. The first-order chi connectivity index (χ1) is 7.33. The molecule has 3 heteroatoms. The summed E-state index contributed by atoms with van der Waals surface area (Å²) in [7, 11) is 0. The zero-order valence-corrected chi connectivity index (χ0v) is 8.44. The van der Waals surface area contributed by atoms with Crippen LogP contribution < -0.4 is 5.48 Å². The molecule has 0 unspecified atom stereocenters. The molecule has 15 heavy (non-hydrogen) atoms. The van der Waals surface area contributed by atoms with Gasteiger partial charge in [0.25, 0.3) is 0 Å². The maximum atomic E-state index is 8.93. The Morgan fingerprint density at radius 1 is 1.13 bits per heavy atom. The van der Waals surface area contributed by atoms with E-state index in [2.05, 4.69) is 10.5 Å². The Kier molecular flexibility index (Phi) is 2.65. The molecule has 2 aromatic rings. The molecule has 1 aromatic carbocycles. The normalized spacial score (nSPS) is 10.0. The van der Waals surface area contributed by atoms with Gasteiger partial charge in [-0.25, -0.2) is 0 Å². The minimum atomic E-state index is 0.726. The lowest BCUT2D eigenvalue weighted by Crippen LogP contribution is -1.94. The molecule has 2 rings (SSSR count). The lowest BCUT2D eigenvalue weighted by molar-refractivity contribution is 0.388. The number of benzene rings is 1. The van der Waals surface area contributed by atoms with Gasteiger partial charge < -0.3 is 0 Å². The van der Waals surface area contributed by atoms with Gasteiger partial charge in [0.1, 0.15) is 0 Å². The number of anilines is 1. The van der Waals surface area contributed by atoms with Gasteiger partial charge in [-0.15, -0.1) is 0 Å². The van der Waals surface area contributed by atoms with Crippen LogP contribution in [0.25, 0.3) is 11.1 Å². The van der Waals surface area contributed by atoms with Crippen molar-refractivity contribution >= 4 is 5.69 Å². The predicted octanol–water partition coefficient (Wildman–Crippen LogP) is 2.86. The van der Waals surface area contributed by atoms with Crippen molar-refractivity contribution < 1.29 is 5.21 Å². The van der Waals surface area contributed by atoms with E-state index in [9.17, 15) is 0 Å². The zero-order chi connectivity index (χ0) is 10.7. The summed E-state index contributed by atoms with van der Waals surface area (Å²) >= 11 is 0. The Hall–Kier alpha value is -1.87. The number of nitrogens with one attached hydrogen (secondary N) is 1. The van der Waals surface area contributed by atoms with E-state index < -0.39 is 0 Å². The SMILES string of the molecule is Cc1c(NO)cccc1-c1ccncc1. The minimum absolute atomic E-state index is 0.726. The molecule has 0 aliphatic carbocycles. The minimum Gasteiger partial charge on any atom is -0.291 e. The molecule has 1 aromatic heterocycles. The molecule has 0 saturated carbocycles. The second-order valence-electron chi connectivity index (χ2n) is 3.33. The fourth-order valence-electron chi connectivity index (χ4n) is 1.60. The van der Waals surface area contributed by atoms with Crippen LogP contribution in [0.4, 0.5) is 5.69 Å². The average molecular weight is 200 g/mol. The Balaban J connectivity index is 2.54. The van der Waals surface area contributed by atoms with Crippen LogP contribution in [-0.2, 0) is 0 Å². The summed E-state index contributed by atoms with van der Waals surface area (Å²) in [6.45, 7) is 1.97. The van der Waals surface area contributed by atoms with E-state index >= 15 is 0 Å². The van der Waals surface area contributed by atoms with E-state index in [-0.39, 0.29) is 0 Å². The average Bonchev–Trinajstić information content (AvgIpc) is 2.30. The number of hydrogen-bond donors (Lipinski definition) is 2. The first kappa shape index (κ1) is 9.68. The topological polar surface area (TPSA) is 45.1 Å². The van der Waals surface area contributed by atoms with Crippen LogP contribution in [0.5, 0.6) is 0 Å². The monoisotopic (exact) mass is 200 g/mol. The van der Waals surface area contributed by atoms with Crippen LogP contribution >= 0.6 is 0 Å². The third kappa shape index (κ3) is 1.82. The summed E-state index contributed by atoms with van der Waals surface area (Å²) in [5.74, 6) is 0. The Morgan fingerprint density at radius 3 is 2.53 bits per heavy atom. The molecule has 0 fully saturated rings. The Bertz CT molecular complexity index is 454. The molecular weight excluding hydrogens is 188 g/mol. The van der Waals surface area contributed by atoms with Gasteiger partial charge in [-0.3, -0.25) is 15.7 Å². The Labute approximate surface area is 88.4 Å². The highest BCUT2D eigenvalue weighted by Gasteiger charge is 2.04. The summed E-state index contributed by atoms with van der Waals surface area (Å²) in [4.78, 5) is 3.98. The second-order valence-corrected chi connectivity index (χ2v) is 3.33. The third-order valence-electron chi connectivity index (χ3n) is 2.45. The predicted molar refractivity (Wildman–Crippen MR) is 59.8 cm³/mol. The first-order valence-electron chi connectivity index (χ1n) is 4.73. The fraction of sp³-hybridized carbons (Fsp3) is 0.0833. The van der Waals surface area contributed by atoms with Gasteiger partial charge in [0.2, 0.25) is 0 Å². The standard InChI is InChI=1S/C12H12N2O/c1-9-11(3-2-4-12(9)14-15)10-5-7-13-8-6-10/h2-8,14-15H,1H3. The van der Waals surface area contributed by atoms with Crippen molar-refractivity contribution in [3.8, 4) is 11.1 Å². The zero-order valence-electron chi connectivity index (χ0n) is 8.44. The van der Waals surface area contributed by atoms with Gasteiger partial charge in [0.15, 0.2) is 0 Å². The summed E-state index contributed by atoms with van der Waals surface area (Å²) in [5, 5.41) is 8.93. The van der Waals surface area contributed by atoms with Crippen LogP contribution in [0.15, 0.2) is 42.7 Å². The largest absolute Gasteiger partial charge is 0.291 e. The quantitative estimate of drug-likeness (QED) is 0.733. The molecule has 0 aliphatic heterocycles. The lowest BCUT2D eigenvalue weighted by atomic mass is 10.0. The number of nitrogens with zero attached hydrogens (tertiary/aromatic N) is 1. The van der Waals surface area contributed by atoms with Gasteiger partial charge in [0, 0.05) is 12.4 Å². The molecule has 76 valence electrons. The highest BCUT2D eigenvalue weighted by molar-refractivity contribution is 5.72. The van der Waals surface area contributed by atoms with Gasteiger partial charge in [-0.05, 0) is 41.8 Å². The van der Waals surface area contributed by atoms with Gasteiger partial charge in [-0.2, -0.15) is 0 Å². The summed E-state index contributed by atoms with van der Waals surface area (Å²) in [6.07, 6.45) is 3.52. The van der Waals surface area contributed by atoms with Crippen LogP contribution in [0.1, 0.15) is 5.56 Å². The summed E-state index contributed by atoms with van der Waals surface area (Å²) < 4.78 is 0. The molecule has 0 spiro atoms. The van der Waals surface area contributed by atoms with Crippen molar-refractivity contribution in [2.45, 2.75) is 6.92 Å². The van der Waals surface area contributed by atoms with E-state index in [4.69, 9.17) is 5.21 Å². The molecule has 2 N–H and O–H groups in total. The number of pyridine rings is 1. The van der Waals surface area contributed by atoms with Crippen LogP contribution in [0.2, 0.25) is 0 Å². The molecule has 0 aliphatic rings. The van der Waals surface area contributed by atoms with E-state index in [0.29, 0.717) is 0 Å². The molecule has 0 atom stereocenters. The number of rotatable bonds is 2. The van der Waals surface area contributed by atoms with Crippen LogP contribution in [0.3, 0.4) is 0 Å². The van der Waals surface area contributed by atoms with Crippen LogP contribution in [0, 0.1) is 6.92 Å². The molecule has 0 saturated heterocycles. The van der Waals surface area contributed by atoms with Crippen molar-refractivity contribution in [3.63, 3.8) is 0 Å². The van der Waals surface area contributed by atoms with Gasteiger partial charge in [-0.1, -0.05) is 12.1 Å². The molecule has 3 nitrogen and oxygen atoms in total. The third-order valence-corrected chi connectivity index (χ3v) is 2.45. The van der Waals surface area contributed by atoms with E-state index in [1.165, 1.54) is 0 Å². The van der Waals surface area contributed by atoms with Crippen molar-refractivity contribution in [3.05, 3.63) is 48.3 Å². The summed E-state index contributed by atoms with van der Waals surface area (Å²) in [5.41, 5.74) is 6.13. The van der Waals surface area contributed by atoms with Gasteiger partial charge >= 0.3 is 0 Å². The number of aromatic nitrogens is 1. The van der Waals surface area contributed by atoms with Crippen molar-refractivity contribution in [2.75, 3.05) is 5.48 Å². The van der Waals surface area contributed by atoms with E-state index in [0.717, 1.165) is 22.4 Å². The van der Waals surface area contributed by atoms with Crippen LogP contribution in [-0.4, -0.2) is 10.2 Å². The van der Waals surface area contributed by atoms with Crippen molar-refractivity contribution in [1.82, 2.24) is 4.98 Å². The van der Waals surface area contributed by atoms with E-state index in [1.807, 2.05) is 37.3 Å². The first-order valence-corrected chi connectivity index (χ1v) is 4.73. The van der Waals surface area contributed by atoms with E-state index in [1.54, 1.807) is 12.4 Å². The highest BCUT2D eigenvalue weighted by Crippen LogP contribution is 2.27. The molecule has 0 radical (unpaired) electrons. The highest BCUT2D eigenvalue weighted by atomic mass is 16.5. The lowest BCUT2D eigenvalue weighted by Gasteiger charge is -2.09. The molecule has 0 bridgehead atoms.